The Labute approximate surface area is 242 Å². The maximum absolute atomic E-state index is 13.0. The molecule has 2 aliphatic carbocycles. The lowest BCUT2D eigenvalue weighted by Gasteiger charge is -2.52. The van der Waals surface area contributed by atoms with Crippen molar-refractivity contribution in [3.63, 3.8) is 0 Å². The van der Waals surface area contributed by atoms with Gasteiger partial charge in [-0.1, -0.05) is 37.3 Å². The number of aliphatic hydroxyl groups is 1. The summed E-state index contributed by atoms with van der Waals surface area (Å²) in [6.45, 7) is 5.87. The first-order valence-corrected chi connectivity index (χ1v) is 15.7. The molecule has 214 valence electrons. The average molecular weight is 563 g/mol. The number of amides is 1. The second kappa shape index (κ2) is 12.2. The topological polar surface area (TPSA) is 86.7 Å². The Morgan fingerprint density at radius 3 is 2.62 bits per heavy atom. The highest BCUT2D eigenvalue weighted by Gasteiger charge is 2.48. The molecule has 2 aromatic rings. The van der Waals surface area contributed by atoms with Crippen molar-refractivity contribution in [2.45, 2.75) is 99.6 Å². The second-order valence-electron chi connectivity index (χ2n) is 12.7. The fraction of sp³-hybridized carbons (Fsp3) is 0.545. The van der Waals surface area contributed by atoms with Gasteiger partial charge in [-0.25, -0.2) is 0 Å². The van der Waals surface area contributed by atoms with Gasteiger partial charge in [-0.3, -0.25) is 4.79 Å². The molecule has 1 heterocycles. The molecule has 2 bridgehead atoms. The average Bonchev–Trinajstić information content (AvgIpc) is 3.24. The first-order valence-electron chi connectivity index (χ1n) is 14.7. The van der Waals surface area contributed by atoms with Crippen LogP contribution in [0.5, 0.6) is 0 Å². The van der Waals surface area contributed by atoms with Crippen molar-refractivity contribution >= 4 is 30.2 Å². The molecule has 2 fully saturated rings. The zero-order chi connectivity index (χ0) is 28.3. The molecule has 1 aliphatic heterocycles. The largest absolute Gasteiger partial charge is 0.390 e. The highest BCUT2D eigenvalue weighted by molar-refractivity contribution is 7.98. The molecule has 2 saturated carbocycles. The van der Waals surface area contributed by atoms with E-state index >= 15 is 0 Å². The number of nitrogens with one attached hydrogen (secondary N) is 1. The molecule has 2 N–H and O–H groups in total. The lowest BCUT2D eigenvalue weighted by atomic mass is 9.60. The van der Waals surface area contributed by atoms with Gasteiger partial charge in [0.1, 0.15) is 12.6 Å². The Kier molecular flexibility index (Phi) is 8.83. The molecule has 0 radical (unpaired) electrons. The summed E-state index contributed by atoms with van der Waals surface area (Å²) in [5.41, 5.74) is 3.64. The van der Waals surface area contributed by atoms with Crippen LogP contribution in [0.3, 0.4) is 0 Å². The smallest absolute Gasteiger partial charge is 0.255 e. The zero-order valence-corrected chi connectivity index (χ0v) is 24.6. The number of nitrogens with zero attached hydrogens (tertiary/aromatic N) is 1. The van der Waals surface area contributed by atoms with Crippen LogP contribution in [0.1, 0.15) is 85.8 Å². The van der Waals surface area contributed by atoms with E-state index in [1.165, 1.54) is 17.5 Å². The predicted octanol–water partition coefficient (Wildman–Crippen LogP) is 5.33. The first-order chi connectivity index (χ1) is 19.2. The molecule has 0 aromatic heterocycles. The van der Waals surface area contributed by atoms with Crippen LogP contribution < -0.4 is 5.32 Å². The van der Waals surface area contributed by atoms with Gasteiger partial charge in [0, 0.05) is 34.7 Å². The van der Waals surface area contributed by atoms with Crippen molar-refractivity contribution in [1.82, 2.24) is 10.2 Å². The van der Waals surface area contributed by atoms with E-state index in [1.807, 2.05) is 18.2 Å². The summed E-state index contributed by atoms with van der Waals surface area (Å²) in [6, 6.07) is 14.0. The number of hydrogen-bond acceptors (Lipinski definition) is 6. The molecule has 40 heavy (non-hydrogen) atoms. The van der Waals surface area contributed by atoms with Crippen LogP contribution >= 0.6 is 11.8 Å². The van der Waals surface area contributed by atoms with Crippen LogP contribution in [0, 0.1) is 11.8 Å². The number of carbonyl (C=O) groups excluding carboxylic acids is 3. The summed E-state index contributed by atoms with van der Waals surface area (Å²) in [4.78, 5) is 38.0. The zero-order valence-electron chi connectivity index (χ0n) is 23.7. The van der Waals surface area contributed by atoms with Crippen LogP contribution in [-0.4, -0.2) is 52.2 Å². The van der Waals surface area contributed by atoms with Gasteiger partial charge in [0.15, 0.2) is 0 Å². The second-order valence-corrected chi connectivity index (χ2v) is 13.7. The molecule has 5 atom stereocenters. The Morgan fingerprint density at radius 1 is 1.12 bits per heavy atom. The van der Waals surface area contributed by atoms with Gasteiger partial charge >= 0.3 is 0 Å². The van der Waals surface area contributed by atoms with Gasteiger partial charge in [-0.15, -0.1) is 11.8 Å². The molecule has 1 amide bonds. The maximum atomic E-state index is 13.0. The van der Waals surface area contributed by atoms with Crippen LogP contribution in [0.15, 0.2) is 47.4 Å². The van der Waals surface area contributed by atoms with Crippen LogP contribution in [0.25, 0.3) is 0 Å². The number of rotatable bonds is 12. The van der Waals surface area contributed by atoms with Crippen molar-refractivity contribution in [2.75, 3.05) is 6.54 Å². The molecule has 0 spiro atoms. The molecule has 2 aromatic carbocycles. The maximum Gasteiger partial charge on any atom is 0.255 e. The number of hydrogen-bond donors (Lipinski definition) is 2. The van der Waals surface area contributed by atoms with Crippen molar-refractivity contribution in [2.24, 2.45) is 11.8 Å². The molecular weight excluding hydrogens is 520 g/mol. The fourth-order valence-electron chi connectivity index (χ4n) is 7.61. The van der Waals surface area contributed by atoms with Gasteiger partial charge in [-0.05, 0) is 99.1 Å². The third-order valence-corrected chi connectivity index (χ3v) is 10.2. The number of thioether (sulfide) groups is 1. The molecule has 3 aliphatic rings. The molecule has 5 rings (SSSR count). The summed E-state index contributed by atoms with van der Waals surface area (Å²) < 4.78 is 0. The van der Waals surface area contributed by atoms with E-state index in [9.17, 15) is 19.5 Å². The van der Waals surface area contributed by atoms with E-state index in [1.54, 1.807) is 16.7 Å². The minimum absolute atomic E-state index is 0.00150. The van der Waals surface area contributed by atoms with Gasteiger partial charge in [-0.2, -0.15) is 0 Å². The van der Waals surface area contributed by atoms with Crippen molar-refractivity contribution < 1.29 is 19.5 Å². The Balaban J connectivity index is 1.13. The minimum atomic E-state index is -0.571. The van der Waals surface area contributed by atoms with E-state index < -0.39 is 11.6 Å². The number of aldehydes is 2. The third kappa shape index (κ3) is 6.53. The third-order valence-electron chi connectivity index (χ3n) is 9.06. The normalized spacial score (nSPS) is 28.3. The van der Waals surface area contributed by atoms with E-state index in [0.29, 0.717) is 30.4 Å². The molecular formula is C33H42N2O4S. The van der Waals surface area contributed by atoms with E-state index in [2.05, 4.69) is 43.4 Å². The van der Waals surface area contributed by atoms with E-state index in [0.717, 1.165) is 67.4 Å². The summed E-state index contributed by atoms with van der Waals surface area (Å²) >= 11 is 1.71. The molecule has 5 unspecified atom stereocenters. The van der Waals surface area contributed by atoms with Crippen LogP contribution in [0.2, 0.25) is 0 Å². The Morgan fingerprint density at radius 2 is 1.90 bits per heavy atom. The van der Waals surface area contributed by atoms with E-state index in [4.69, 9.17) is 0 Å². The number of carbonyl (C=O) groups is 3. The summed E-state index contributed by atoms with van der Waals surface area (Å²) in [5.74, 6) is 1.91. The van der Waals surface area contributed by atoms with Crippen molar-refractivity contribution in [3.05, 3.63) is 64.7 Å². The van der Waals surface area contributed by atoms with Gasteiger partial charge in [0.05, 0.1) is 11.6 Å². The number of fused-ring (bicyclic) bond motifs is 3. The summed E-state index contributed by atoms with van der Waals surface area (Å²) in [7, 11) is 0. The molecule has 7 heteroatoms. The summed E-state index contributed by atoms with van der Waals surface area (Å²) in [6.07, 6.45) is 8.28. The Hall–Kier alpha value is -2.48. The molecule has 0 saturated heterocycles. The quantitative estimate of drug-likeness (QED) is 0.269. The highest BCUT2D eigenvalue weighted by atomic mass is 32.2. The highest BCUT2D eigenvalue weighted by Crippen LogP contribution is 2.48. The fourth-order valence-corrected chi connectivity index (χ4v) is 8.65. The van der Waals surface area contributed by atoms with Crippen LogP contribution in [-0.2, 0) is 28.3 Å². The van der Waals surface area contributed by atoms with Gasteiger partial charge in [0.2, 0.25) is 0 Å². The van der Waals surface area contributed by atoms with E-state index in [-0.39, 0.29) is 17.9 Å². The van der Waals surface area contributed by atoms with Crippen molar-refractivity contribution in [1.29, 1.82) is 0 Å². The van der Waals surface area contributed by atoms with Crippen LogP contribution in [0.4, 0.5) is 0 Å². The molecule has 6 nitrogen and oxygen atoms in total. The predicted molar refractivity (Wildman–Crippen MR) is 158 cm³/mol. The number of benzene rings is 2. The SMILES string of the molecule is CC1CC2CC(O)(C1)CC(C)(NCCc1ccc(CSc3cccc4c3CN(C(C=O)CCC=O)C4=O)cc1)C2. The van der Waals surface area contributed by atoms with Crippen molar-refractivity contribution in [3.8, 4) is 0 Å². The first kappa shape index (κ1) is 29.0. The standard InChI is InChI=1S/C33H42N2O4S/c1-23-15-26-17-32(2,22-33(39,16-23)18-26)34-13-12-24-8-10-25(11-9-24)21-40-30-7-3-6-28-29(30)19-35(31(28)38)27(20-37)5-4-14-36/h3,6-11,14,20,23,26-27,34,39H,4-5,12-13,15-19,21-22H2,1-2H3. The monoisotopic (exact) mass is 562 g/mol. The van der Waals surface area contributed by atoms with Gasteiger partial charge in [0.25, 0.3) is 5.91 Å². The lowest BCUT2D eigenvalue weighted by Crippen LogP contribution is -2.57. The minimum Gasteiger partial charge on any atom is -0.390 e. The van der Waals surface area contributed by atoms with Gasteiger partial charge < -0.3 is 24.9 Å². The Bertz CT molecular complexity index is 1230. The summed E-state index contributed by atoms with van der Waals surface area (Å²) in [5, 5.41) is 14.9. The lowest BCUT2D eigenvalue weighted by molar-refractivity contribution is -0.112.